The van der Waals surface area contributed by atoms with Gasteiger partial charge in [0.1, 0.15) is 5.75 Å². The number of nitrogens with zero attached hydrogens (tertiary/aromatic N) is 1. The van der Waals surface area contributed by atoms with Crippen molar-refractivity contribution >= 4 is 15.9 Å². The molecule has 1 N–H and O–H groups in total. The number of nitrogens with one attached hydrogen (secondary N) is 1. The van der Waals surface area contributed by atoms with Gasteiger partial charge in [-0.25, -0.2) is 8.42 Å². The van der Waals surface area contributed by atoms with Gasteiger partial charge in [-0.15, -0.1) is 0 Å². The zero-order valence-electron chi connectivity index (χ0n) is 12.7. The highest BCUT2D eigenvalue weighted by Gasteiger charge is 2.27. The number of sulfonamides is 1. The molecular formula is C15H22N2O4S. The van der Waals surface area contributed by atoms with Gasteiger partial charge in [-0.3, -0.25) is 4.79 Å². The van der Waals surface area contributed by atoms with Gasteiger partial charge < -0.3 is 10.1 Å². The molecule has 7 heteroatoms. The van der Waals surface area contributed by atoms with Crippen molar-refractivity contribution in [2.45, 2.75) is 19.3 Å². The highest BCUT2D eigenvalue weighted by atomic mass is 32.2. The Balaban J connectivity index is 1.78. The number of hydrogen-bond acceptors (Lipinski definition) is 4. The number of carbonyl (C=O) groups excluding carboxylic acids is 1. The summed E-state index contributed by atoms with van der Waals surface area (Å²) < 4.78 is 30.1. The van der Waals surface area contributed by atoms with Crippen LogP contribution in [-0.4, -0.2) is 51.1 Å². The molecule has 22 heavy (non-hydrogen) atoms. The third-order valence-electron chi connectivity index (χ3n) is 3.64. The van der Waals surface area contributed by atoms with Crippen LogP contribution >= 0.6 is 0 Å². The van der Waals surface area contributed by atoms with Gasteiger partial charge in [-0.2, -0.15) is 4.31 Å². The van der Waals surface area contributed by atoms with Gasteiger partial charge in [0.2, 0.25) is 15.9 Å². The van der Waals surface area contributed by atoms with Gasteiger partial charge in [0, 0.05) is 13.1 Å². The number of amides is 1. The minimum absolute atomic E-state index is 0.0829. The number of benzene rings is 1. The van der Waals surface area contributed by atoms with Crippen LogP contribution in [0.3, 0.4) is 0 Å². The molecule has 1 aliphatic rings. The van der Waals surface area contributed by atoms with Crippen molar-refractivity contribution in [2.24, 2.45) is 0 Å². The predicted octanol–water partition coefficient (Wildman–Crippen LogP) is 0.779. The number of methoxy groups -OCH3 is 1. The van der Waals surface area contributed by atoms with Gasteiger partial charge in [0.25, 0.3) is 0 Å². The molecule has 0 saturated carbocycles. The number of ether oxygens (including phenoxy) is 1. The molecule has 122 valence electrons. The van der Waals surface area contributed by atoms with E-state index in [0.29, 0.717) is 25.9 Å². The van der Waals surface area contributed by atoms with Crippen molar-refractivity contribution in [2.75, 3.05) is 32.5 Å². The van der Waals surface area contributed by atoms with E-state index in [9.17, 15) is 13.2 Å². The second-order valence-electron chi connectivity index (χ2n) is 5.31. The fourth-order valence-corrected chi connectivity index (χ4v) is 3.96. The van der Waals surface area contributed by atoms with E-state index in [0.717, 1.165) is 17.7 Å². The molecule has 1 aliphatic heterocycles. The Kier molecular flexibility index (Phi) is 5.79. The van der Waals surface area contributed by atoms with Crippen molar-refractivity contribution in [1.82, 2.24) is 9.62 Å². The molecule has 1 aromatic carbocycles. The molecule has 1 heterocycles. The molecule has 0 unspecified atom stereocenters. The monoisotopic (exact) mass is 326 g/mol. The van der Waals surface area contributed by atoms with Gasteiger partial charge in [0.05, 0.1) is 19.4 Å². The van der Waals surface area contributed by atoms with Gasteiger partial charge >= 0.3 is 0 Å². The average molecular weight is 326 g/mol. The van der Waals surface area contributed by atoms with Crippen LogP contribution in [-0.2, 0) is 21.2 Å². The zero-order chi connectivity index (χ0) is 16.0. The van der Waals surface area contributed by atoms with E-state index in [1.165, 1.54) is 4.31 Å². The molecule has 0 aromatic heterocycles. The third kappa shape index (κ3) is 4.71. The van der Waals surface area contributed by atoms with Crippen LogP contribution in [0.15, 0.2) is 24.3 Å². The van der Waals surface area contributed by atoms with Gasteiger partial charge in [0.15, 0.2) is 0 Å². The van der Waals surface area contributed by atoms with E-state index >= 15 is 0 Å². The van der Waals surface area contributed by atoms with Crippen molar-refractivity contribution < 1.29 is 17.9 Å². The molecule has 1 fully saturated rings. The van der Waals surface area contributed by atoms with Crippen LogP contribution in [0.25, 0.3) is 0 Å². The zero-order valence-corrected chi connectivity index (χ0v) is 13.6. The minimum Gasteiger partial charge on any atom is -0.497 e. The summed E-state index contributed by atoms with van der Waals surface area (Å²) in [4.78, 5) is 11.9. The Labute approximate surface area is 131 Å². The summed E-state index contributed by atoms with van der Waals surface area (Å²) in [7, 11) is -1.64. The number of rotatable bonds is 6. The van der Waals surface area contributed by atoms with E-state index in [1.807, 2.05) is 24.3 Å². The van der Waals surface area contributed by atoms with Gasteiger partial charge in [-0.05, 0) is 37.0 Å². The predicted molar refractivity (Wildman–Crippen MR) is 84.3 cm³/mol. The normalized spacial score (nSPS) is 17.9. The number of hydrogen-bond donors (Lipinski definition) is 1. The summed E-state index contributed by atoms with van der Waals surface area (Å²) in [6, 6.07) is 7.64. The van der Waals surface area contributed by atoms with Crippen LogP contribution in [0.5, 0.6) is 5.75 Å². The van der Waals surface area contributed by atoms with E-state index in [2.05, 4.69) is 5.32 Å². The quantitative estimate of drug-likeness (QED) is 0.838. The molecular weight excluding hydrogens is 304 g/mol. The lowest BCUT2D eigenvalue weighted by molar-refractivity contribution is -0.121. The highest BCUT2D eigenvalue weighted by Crippen LogP contribution is 2.13. The van der Waals surface area contributed by atoms with Crippen LogP contribution in [0.2, 0.25) is 0 Å². The Morgan fingerprint density at radius 3 is 2.91 bits per heavy atom. The van der Waals surface area contributed by atoms with E-state index in [1.54, 1.807) is 7.11 Å². The molecule has 1 aromatic rings. The molecule has 6 nitrogen and oxygen atoms in total. The molecule has 2 rings (SSSR count). The van der Waals surface area contributed by atoms with Gasteiger partial charge in [-0.1, -0.05) is 12.1 Å². The van der Waals surface area contributed by atoms with Crippen molar-refractivity contribution in [3.63, 3.8) is 0 Å². The minimum atomic E-state index is -3.25. The first-order valence-electron chi connectivity index (χ1n) is 7.39. The molecule has 1 amide bonds. The Morgan fingerprint density at radius 2 is 2.18 bits per heavy atom. The lowest BCUT2D eigenvalue weighted by Gasteiger charge is -2.25. The van der Waals surface area contributed by atoms with Crippen LogP contribution in [0.4, 0.5) is 0 Å². The average Bonchev–Trinajstić information content (AvgIpc) is 2.49. The Bertz CT molecular complexity index is 616. The van der Waals surface area contributed by atoms with Crippen molar-refractivity contribution in [3.8, 4) is 5.75 Å². The van der Waals surface area contributed by atoms with E-state index in [-0.39, 0.29) is 18.2 Å². The Hall–Kier alpha value is -1.60. The lowest BCUT2D eigenvalue weighted by Crippen LogP contribution is -2.44. The maximum Gasteiger partial charge on any atom is 0.235 e. The van der Waals surface area contributed by atoms with E-state index in [4.69, 9.17) is 4.74 Å². The van der Waals surface area contributed by atoms with Crippen LogP contribution < -0.4 is 10.1 Å². The third-order valence-corrected chi connectivity index (χ3v) is 5.55. The summed E-state index contributed by atoms with van der Waals surface area (Å²) in [6.07, 6.45) is 2.17. The summed E-state index contributed by atoms with van der Waals surface area (Å²) >= 11 is 0. The molecule has 1 saturated heterocycles. The maximum absolute atomic E-state index is 11.9. The van der Waals surface area contributed by atoms with Crippen LogP contribution in [0.1, 0.15) is 18.4 Å². The molecule has 0 bridgehead atoms. The Morgan fingerprint density at radius 1 is 1.36 bits per heavy atom. The first-order chi connectivity index (χ1) is 10.5. The van der Waals surface area contributed by atoms with Crippen molar-refractivity contribution in [3.05, 3.63) is 29.8 Å². The smallest absolute Gasteiger partial charge is 0.235 e. The number of carbonyl (C=O) groups is 1. The standard InChI is InChI=1S/C15H22N2O4S/c1-21-14-6-4-5-13(11-14)7-8-16-15(18)12-17-9-2-3-10-22(17,19)20/h4-6,11H,2-3,7-10,12H2,1H3,(H,16,18). The highest BCUT2D eigenvalue weighted by molar-refractivity contribution is 7.89. The summed E-state index contributed by atoms with van der Waals surface area (Å²) in [5.41, 5.74) is 1.06. The summed E-state index contributed by atoms with van der Waals surface area (Å²) in [6.45, 7) is 0.825. The second kappa shape index (κ2) is 7.60. The topological polar surface area (TPSA) is 75.7 Å². The largest absolute Gasteiger partial charge is 0.497 e. The molecule has 0 atom stereocenters. The van der Waals surface area contributed by atoms with E-state index < -0.39 is 10.0 Å². The molecule has 0 aliphatic carbocycles. The molecule has 0 spiro atoms. The SMILES string of the molecule is COc1cccc(CCNC(=O)CN2CCCCS2(=O)=O)c1. The fourth-order valence-electron chi connectivity index (χ4n) is 2.41. The first kappa shape index (κ1) is 16.8. The first-order valence-corrected chi connectivity index (χ1v) is 8.99. The summed E-state index contributed by atoms with van der Waals surface area (Å²) in [5.74, 6) is 0.668. The second-order valence-corrected chi connectivity index (χ2v) is 7.40. The fraction of sp³-hybridized carbons (Fsp3) is 0.533. The maximum atomic E-state index is 11.9. The van der Waals surface area contributed by atoms with Crippen molar-refractivity contribution in [1.29, 1.82) is 0 Å². The lowest BCUT2D eigenvalue weighted by atomic mass is 10.1. The molecule has 0 radical (unpaired) electrons. The van der Waals surface area contributed by atoms with Crippen LogP contribution in [0, 0.1) is 0 Å². The summed E-state index contributed by atoms with van der Waals surface area (Å²) in [5, 5.41) is 2.77.